The lowest BCUT2D eigenvalue weighted by molar-refractivity contribution is 1.19. The van der Waals surface area contributed by atoms with Gasteiger partial charge in [0.25, 0.3) is 0 Å². The molecule has 0 unspecified atom stereocenters. The van der Waals surface area contributed by atoms with E-state index in [-0.39, 0.29) is 5.82 Å². The highest BCUT2D eigenvalue weighted by molar-refractivity contribution is 9.10. The summed E-state index contributed by atoms with van der Waals surface area (Å²) in [6.45, 7) is 2.78. The molecule has 0 saturated heterocycles. The van der Waals surface area contributed by atoms with Gasteiger partial charge in [-0.15, -0.1) is 0 Å². The summed E-state index contributed by atoms with van der Waals surface area (Å²) < 4.78 is 1.84. The average Bonchev–Trinajstić information content (AvgIpc) is 2.89. The number of fused-ring (bicyclic) bond motifs is 1. The van der Waals surface area contributed by atoms with E-state index in [4.69, 9.17) is 5.73 Å². The molecule has 110 valence electrons. The predicted molar refractivity (Wildman–Crippen MR) is 93.8 cm³/mol. The fourth-order valence-electron chi connectivity index (χ4n) is 2.19. The monoisotopic (exact) mass is 373 g/mol. The molecule has 2 heterocycles. The van der Waals surface area contributed by atoms with Gasteiger partial charge in [0.2, 0.25) is 0 Å². The lowest BCUT2D eigenvalue weighted by Gasteiger charge is -2.07. The molecular weight excluding hydrogens is 362 g/mol. The minimum absolute atomic E-state index is 0.210. The molecule has 0 saturated carbocycles. The number of anilines is 2. The molecule has 22 heavy (non-hydrogen) atoms. The third-order valence-corrected chi connectivity index (χ3v) is 4.69. The molecule has 2 aromatic heterocycles. The Kier molecular flexibility index (Phi) is 3.96. The number of nitrogens with zero attached hydrogens (tertiary/aromatic N) is 3. The van der Waals surface area contributed by atoms with E-state index in [1.54, 1.807) is 0 Å². The fourth-order valence-corrected chi connectivity index (χ4v) is 3.51. The number of hydrogen-bond donors (Lipinski definition) is 2. The van der Waals surface area contributed by atoms with E-state index < -0.39 is 0 Å². The second-order valence-electron chi connectivity index (χ2n) is 4.57. The Hall–Kier alpha value is -2.17. The van der Waals surface area contributed by atoms with Crippen LogP contribution >= 0.6 is 27.3 Å². The summed E-state index contributed by atoms with van der Waals surface area (Å²) in [5.41, 5.74) is 8.62. The molecule has 0 aliphatic heterocycles. The van der Waals surface area contributed by atoms with Crippen molar-refractivity contribution in [3.8, 4) is 17.2 Å². The lowest BCUT2D eigenvalue weighted by atomic mass is 10.0. The van der Waals surface area contributed by atoms with Crippen molar-refractivity contribution in [2.75, 3.05) is 17.6 Å². The number of thiazole rings is 1. The molecule has 5 nitrogen and oxygen atoms in total. The summed E-state index contributed by atoms with van der Waals surface area (Å²) in [5, 5.41) is 13.4. The van der Waals surface area contributed by atoms with Crippen molar-refractivity contribution in [1.82, 2.24) is 9.97 Å². The number of nitrogen functional groups attached to an aromatic ring is 1. The second kappa shape index (κ2) is 5.91. The molecule has 0 amide bonds. The molecule has 3 N–H and O–H groups in total. The van der Waals surface area contributed by atoms with Gasteiger partial charge in [0.05, 0.1) is 4.70 Å². The number of halogens is 1. The minimum atomic E-state index is 0.210. The maximum Gasteiger partial charge on any atom is 0.185 e. The fraction of sp³-hybridized carbons (Fsp3) is 0.133. The van der Waals surface area contributed by atoms with Crippen LogP contribution in [0, 0.1) is 11.3 Å². The summed E-state index contributed by atoms with van der Waals surface area (Å²) in [7, 11) is 0. The van der Waals surface area contributed by atoms with E-state index in [1.165, 1.54) is 11.3 Å². The number of benzene rings is 1. The van der Waals surface area contributed by atoms with Crippen molar-refractivity contribution in [2.45, 2.75) is 6.92 Å². The topological polar surface area (TPSA) is 87.6 Å². The van der Waals surface area contributed by atoms with Crippen LogP contribution in [-0.2, 0) is 0 Å². The van der Waals surface area contributed by atoms with E-state index >= 15 is 0 Å². The molecular formula is C15H12BrN5S. The average molecular weight is 374 g/mol. The first-order chi connectivity index (χ1) is 10.6. The van der Waals surface area contributed by atoms with Crippen molar-refractivity contribution >= 4 is 48.6 Å². The van der Waals surface area contributed by atoms with Crippen LogP contribution in [-0.4, -0.2) is 16.5 Å². The van der Waals surface area contributed by atoms with Gasteiger partial charge >= 0.3 is 0 Å². The lowest BCUT2D eigenvalue weighted by Crippen LogP contribution is -1.98. The molecule has 0 bridgehead atoms. The summed E-state index contributed by atoms with van der Waals surface area (Å²) >= 11 is 4.90. The maximum atomic E-state index is 9.47. The zero-order chi connectivity index (χ0) is 15.7. The van der Waals surface area contributed by atoms with E-state index in [9.17, 15) is 5.26 Å². The Morgan fingerprint density at radius 3 is 2.68 bits per heavy atom. The van der Waals surface area contributed by atoms with E-state index in [0.29, 0.717) is 11.2 Å². The number of pyridine rings is 1. The van der Waals surface area contributed by atoms with Gasteiger partial charge in [-0.1, -0.05) is 39.4 Å². The Labute approximate surface area is 139 Å². The Morgan fingerprint density at radius 2 is 2.05 bits per heavy atom. The first-order valence-electron chi connectivity index (χ1n) is 6.64. The molecule has 3 rings (SSSR count). The van der Waals surface area contributed by atoms with Gasteiger partial charge in [0.15, 0.2) is 10.8 Å². The van der Waals surface area contributed by atoms with Gasteiger partial charge in [0.1, 0.15) is 17.5 Å². The summed E-state index contributed by atoms with van der Waals surface area (Å²) in [6, 6.07) is 9.94. The van der Waals surface area contributed by atoms with Gasteiger partial charge in [-0.2, -0.15) is 5.26 Å². The predicted octanol–water partition coefficient (Wildman–Crippen LogP) is 4.01. The van der Waals surface area contributed by atoms with Gasteiger partial charge < -0.3 is 11.1 Å². The van der Waals surface area contributed by atoms with Crippen LogP contribution in [0.3, 0.4) is 0 Å². The molecule has 0 spiro atoms. The highest BCUT2D eigenvalue weighted by Crippen LogP contribution is 2.38. The van der Waals surface area contributed by atoms with E-state index in [0.717, 1.165) is 32.0 Å². The number of nitrogens with one attached hydrogen (secondary N) is 1. The van der Waals surface area contributed by atoms with Gasteiger partial charge in [0, 0.05) is 16.6 Å². The van der Waals surface area contributed by atoms with Crippen molar-refractivity contribution in [1.29, 1.82) is 5.26 Å². The molecule has 1 aromatic carbocycles. The molecule has 0 aliphatic carbocycles. The van der Waals surface area contributed by atoms with Crippen LogP contribution in [0.15, 0.2) is 28.7 Å². The second-order valence-corrected chi connectivity index (χ2v) is 6.48. The number of nitrogens with two attached hydrogens (primary N) is 1. The zero-order valence-electron chi connectivity index (χ0n) is 11.7. The standard InChI is InChI=1S/C15H12BrN5S/c1-2-19-15-21-14-12(22-15)11(10(7-17)13(18)20-14)8-3-5-9(16)6-4-8/h3-6H,2H2,1H3,(H3,18,19,20,21). The van der Waals surface area contributed by atoms with Crippen LogP contribution in [0.2, 0.25) is 0 Å². The number of hydrogen-bond acceptors (Lipinski definition) is 6. The van der Waals surface area contributed by atoms with Crippen molar-refractivity contribution in [3.63, 3.8) is 0 Å². The molecule has 7 heteroatoms. The van der Waals surface area contributed by atoms with E-state index in [1.807, 2.05) is 31.2 Å². The quantitative estimate of drug-likeness (QED) is 0.723. The van der Waals surface area contributed by atoms with E-state index in [2.05, 4.69) is 37.3 Å². The normalized spacial score (nSPS) is 10.6. The Bertz CT molecular complexity index is 880. The van der Waals surface area contributed by atoms with Crippen LogP contribution in [0.25, 0.3) is 21.5 Å². The summed E-state index contributed by atoms with van der Waals surface area (Å²) in [4.78, 5) is 8.70. The third kappa shape index (κ3) is 2.51. The van der Waals surface area contributed by atoms with Crippen molar-refractivity contribution in [2.24, 2.45) is 0 Å². The summed E-state index contributed by atoms with van der Waals surface area (Å²) in [6.07, 6.45) is 0. The Balaban J connectivity index is 2.33. The molecule has 0 atom stereocenters. The van der Waals surface area contributed by atoms with Crippen LogP contribution < -0.4 is 11.1 Å². The van der Waals surface area contributed by atoms with Crippen LogP contribution in [0.4, 0.5) is 10.9 Å². The highest BCUT2D eigenvalue weighted by atomic mass is 79.9. The van der Waals surface area contributed by atoms with Gasteiger partial charge in [-0.3, -0.25) is 0 Å². The molecule has 0 aliphatic rings. The molecule has 0 fully saturated rings. The summed E-state index contributed by atoms with van der Waals surface area (Å²) in [5.74, 6) is 0.210. The highest BCUT2D eigenvalue weighted by Gasteiger charge is 2.18. The zero-order valence-corrected chi connectivity index (χ0v) is 14.1. The van der Waals surface area contributed by atoms with Crippen molar-refractivity contribution in [3.05, 3.63) is 34.3 Å². The largest absolute Gasteiger partial charge is 0.383 e. The van der Waals surface area contributed by atoms with Gasteiger partial charge in [-0.05, 0) is 24.6 Å². The van der Waals surface area contributed by atoms with Crippen molar-refractivity contribution < 1.29 is 0 Å². The number of aromatic nitrogens is 2. The maximum absolute atomic E-state index is 9.47. The minimum Gasteiger partial charge on any atom is -0.383 e. The van der Waals surface area contributed by atoms with Crippen LogP contribution in [0.1, 0.15) is 12.5 Å². The first-order valence-corrected chi connectivity index (χ1v) is 8.25. The van der Waals surface area contributed by atoms with Gasteiger partial charge in [-0.25, -0.2) is 9.97 Å². The number of rotatable bonds is 3. The number of nitriles is 1. The smallest absolute Gasteiger partial charge is 0.185 e. The SMILES string of the molecule is CCNc1nc2nc(N)c(C#N)c(-c3ccc(Br)cc3)c2s1. The molecule has 3 aromatic rings. The van der Waals surface area contributed by atoms with Crippen LogP contribution in [0.5, 0.6) is 0 Å². The Morgan fingerprint density at radius 1 is 1.32 bits per heavy atom. The first kappa shape index (κ1) is 14.8. The molecule has 0 radical (unpaired) electrons. The third-order valence-electron chi connectivity index (χ3n) is 3.14.